The molecule has 0 aromatic heterocycles. The lowest BCUT2D eigenvalue weighted by Crippen LogP contribution is -2.28. The lowest BCUT2D eigenvalue weighted by molar-refractivity contribution is -0.0513. The fourth-order valence-corrected chi connectivity index (χ4v) is 16.3. The molecule has 0 aromatic rings. The van der Waals surface area contributed by atoms with Gasteiger partial charge >= 0.3 is 15.6 Å². The number of phosphoric ester groups is 2. The molecule has 0 aliphatic carbocycles. The SMILES string of the molecule is CC(C)CCC[C@@H](C)CCC[C@@H](C)CCC[C@@H](C)CCOC[C@@H](COP(=O)(O)OCC(O)COP(=O)(O)OC[C@H](COCC[C@H](C)CCC[C@H](C)CCC[C@H](C)CCCC(C)C)OCC[C@H](C)CCC[C@H](C)CCC[C@H](C)CCCC(C)C)OCC[C@H](C)CCC[C@H](C)CCC[C@H](C)CCCC(C)C. The molecule has 0 spiro atoms. The van der Waals surface area contributed by atoms with Gasteiger partial charge in [0.1, 0.15) is 18.3 Å². The fourth-order valence-electron chi connectivity index (χ4n) is 14.7. The van der Waals surface area contributed by atoms with E-state index in [0.717, 1.165) is 122 Å². The van der Waals surface area contributed by atoms with Crippen LogP contribution in [0.5, 0.6) is 0 Å². The third-order valence-corrected chi connectivity index (χ3v) is 24.7. The van der Waals surface area contributed by atoms with E-state index in [9.17, 15) is 24.0 Å². The zero-order valence-corrected chi connectivity index (χ0v) is 74.4. The molecule has 0 radical (unpaired) electrons. The number of phosphoric acid groups is 2. The Bertz CT molecular complexity index is 1830. The maximum atomic E-state index is 13.3. The van der Waals surface area contributed by atoms with Gasteiger partial charge in [0, 0.05) is 26.4 Å². The molecule has 15 heteroatoms. The van der Waals surface area contributed by atoms with Crippen molar-refractivity contribution >= 4 is 15.6 Å². The van der Waals surface area contributed by atoms with Crippen molar-refractivity contribution in [3.8, 4) is 0 Å². The highest BCUT2D eigenvalue weighted by Gasteiger charge is 2.29. The topological polar surface area (TPSA) is 169 Å². The van der Waals surface area contributed by atoms with Crippen LogP contribution in [0.4, 0.5) is 0 Å². The highest BCUT2D eigenvalue weighted by atomic mass is 31.2. The Hall–Kier alpha value is 0.0200. The van der Waals surface area contributed by atoms with Gasteiger partial charge in [0.05, 0.1) is 39.6 Å². The van der Waals surface area contributed by atoms with Crippen molar-refractivity contribution in [1.82, 2.24) is 0 Å². The second-order valence-corrected chi connectivity index (χ2v) is 40.0. The summed E-state index contributed by atoms with van der Waals surface area (Å²) in [6, 6.07) is 0. The van der Waals surface area contributed by atoms with Gasteiger partial charge in [-0.15, -0.1) is 0 Å². The van der Waals surface area contributed by atoms with Crippen LogP contribution < -0.4 is 0 Å². The van der Waals surface area contributed by atoms with E-state index in [2.05, 4.69) is 138 Å². The Morgan fingerprint density at radius 2 is 0.385 bits per heavy atom. The molecule has 0 aromatic carbocycles. The smallest absolute Gasteiger partial charge is 0.388 e. The molecule has 2 unspecified atom stereocenters. The Labute approximate surface area is 647 Å². The summed E-state index contributed by atoms with van der Waals surface area (Å²) >= 11 is 0. The van der Waals surface area contributed by atoms with Crippen LogP contribution in [0.3, 0.4) is 0 Å². The molecular formula is C89H182O13P2. The first-order chi connectivity index (χ1) is 49.2. The van der Waals surface area contributed by atoms with Gasteiger partial charge in [-0.1, -0.05) is 370 Å². The van der Waals surface area contributed by atoms with Gasteiger partial charge in [0.2, 0.25) is 0 Å². The summed E-state index contributed by atoms with van der Waals surface area (Å²) in [5.41, 5.74) is 0. The predicted molar refractivity (Wildman–Crippen MR) is 445 cm³/mol. The van der Waals surface area contributed by atoms with E-state index in [-0.39, 0.29) is 26.4 Å². The average Bonchev–Trinajstić information content (AvgIpc) is 0.903. The summed E-state index contributed by atoms with van der Waals surface area (Å²) in [4.78, 5) is 21.7. The van der Waals surface area contributed by atoms with Crippen LogP contribution in [0.1, 0.15) is 395 Å². The quantitative estimate of drug-likeness (QED) is 0.0389. The van der Waals surface area contributed by atoms with Crippen molar-refractivity contribution in [3.63, 3.8) is 0 Å². The molecule has 0 saturated carbocycles. The van der Waals surface area contributed by atoms with Crippen molar-refractivity contribution < 1.29 is 61.1 Å². The average molecular weight is 1520 g/mol. The third kappa shape index (κ3) is 69.9. The number of aliphatic hydroxyl groups is 1. The summed E-state index contributed by atoms with van der Waals surface area (Å²) in [6.45, 7) is 47.5. The second-order valence-electron chi connectivity index (χ2n) is 37.1. The lowest BCUT2D eigenvalue weighted by Gasteiger charge is -2.23. The van der Waals surface area contributed by atoms with Crippen LogP contribution in [0.15, 0.2) is 0 Å². The van der Waals surface area contributed by atoms with Crippen molar-refractivity contribution in [2.24, 2.45) is 94.7 Å². The highest BCUT2D eigenvalue weighted by Crippen LogP contribution is 2.46. The summed E-state index contributed by atoms with van der Waals surface area (Å²) in [6.07, 6.45) is 46.9. The molecule has 0 bridgehead atoms. The molecule has 626 valence electrons. The van der Waals surface area contributed by atoms with E-state index in [1.807, 2.05) is 0 Å². The monoisotopic (exact) mass is 1520 g/mol. The van der Waals surface area contributed by atoms with E-state index in [4.69, 9.17) is 37.0 Å². The van der Waals surface area contributed by atoms with E-state index >= 15 is 0 Å². The second kappa shape index (κ2) is 66.5. The van der Waals surface area contributed by atoms with Gasteiger partial charge in [0.25, 0.3) is 0 Å². The molecule has 0 amide bonds. The first-order valence-corrected chi connectivity index (χ1v) is 47.5. The van der Waals surface area contributed by atoms with Crippen LogP contribution in [0.25, 0.3) is 0 Å². The maximum Gasteiger partial charge on any atom is 0.472 e. The summed E-state index contributed by atoms with van der Waals surface area (Å²) < 4.78 is 73.2. The molecule has 16 atom stereocenters. The normalized spacial score (nSPS) is 18.1. The number of ether oxygens (including phenoxy) is 4. The molecule has 0 rings (SSSR count). The van der Waals surface area contributed by atoms with E-state index in [1.54, 1.807) is 0 Å². The van der Waals surface area contributed by atoms with E-state index < -0.39 is 47.2 Å². The standard InChI is InChI=1S/C89H182O13P2/c1-71(2)33-21-37-75(9)41-25-45-79(13)49-29-53-83(17)57-61-95-67-88(97-63-59-85(19)55-31-51-81(15)47-27-43-77(11)39-23-35-73(5)6)69-101-103(91,92)99-65-87(90)66-100-104(93,94)102-70-89(98-64-60-86(20)56-32-52-82(16)48-28-44-78(12)40-24-36-74(7)8)68-96-62-58-84(18)54-30-50-80(14)46-26-42-76(10)38-22-34-72(3)4/h71-90H,21-70H2,1-20H3,(H,91,92)(H,93,94)/t75-,76-,77-,78-,79-,80-,81-,82-,83-,84-,85-,86-,88+,89+/m1/s1. The maximum absolute atomic E-state index is 13.3. The van der Waals surface area contributed by atoms with Crippen molar-refractivity contribution in [3.05, 3.63) is 0 Å². The van der Waals surface area contributed by atoms with Gasteiger partial charge in [-0.05, 0) is 120 Å². The predicted octanol–water partition coefficient (Wildman–Crippen LogP) is 27.3. The van der Waals surface area contributed by atoms with Crippen LogP contribution >= 0.6 is 15.6 Å². The largest absolute Gasteiger partial charge is 0.472 e. The lowest BCUT2D eigenvalue weighted by atomic mass is 9.91. The minimum atomic E-state index is -4.71. The molecule has 0 heterocycles. The molecule has 0 fully saturated rings. The van der Waals surface area contributed by atoms with Gasteiger partial charge in [-0.2, -0.15) is 0 Å². The number of aliphatic hydroxyl groups excluding tert-OH is 1. The molecular weight excluding hydrogens is 1340 g/mol. The fraction of sp³-hybridized carbons (Fsp3) is 1.00. The molecule has 3 N–H and O–H groups in total. The van der Waals surface area contributed by atoms with Crippen molar-refractivity contribution in [2.45, 2.75) is 414 Å². The summed E-state index contributed by atoms with van der Waals surface area (Å²) in [5, 5.41) is 10.8. The van der Waals surface area contributed by atoms with Crippen LogP contribution in [0, 0.1) is 94.7 Å². The van der Waals surface area contributed by atoms with E-state index in [0.29, 0.717) is 50.1 Å². The Kier molecular flexibility index (Phi) is 66.5. The number of hydrogen-bond acceptors (Lipinski definition) is 11. The van der Waals surface area contributed by atoms with Crippen molar-refractivity contribution in [2.75, 3.05) is 66.1 Å². The van der Waals surface area contributed by atoms with Gasteiger partial charge in [-0.3, -0.25) is 18.1 Å². The Morgan fingerprint density at radius 1 is 0.221 bits per heavy atom. The summed E-state index contributed by atoms with van der Waals surface area (Å²) in [7, 11) is -9.43. The zero-order chi connectivity index (χ0) is 78.0. The van der Waals surface area contributed by atoms with Crippen LogP contribution in [0.2, 0.25) is 0 Å². The number of rotatable bonds is 78. The van der Waals surface area contributed by atoms with Gasteiger partial charge in [0.15, 0.2) is 0 Å². The Balaban J connectivity index is 5.52. The molecule has 104 heavy (non-hydrogen) atoms. The molecule has 13 nitrogen and oxygen atoms in total. The molecule has 0 aliphatic heterocycles. The summed E-state index contributed by atoms with van der Waals surface area (Å²) in [5.74, 6) is 11.3. The highest BCUT2D eigenvalue weighted by molar-refractivity contribution is 7.47. The third-order valence-electron chi connectivity index (χ3n) is 22.8. The Morgan fingerprint density at radius 3 is 0.577 bits per heavy atom. The zero-order valence-electron chi connectivity index (χ0n) is 72.6. The minimum Gasteiger partial charge on any atom is -0.388 e. The van der Waals surface area contributed by atoms with Crippen molar-refractivity contribution in [1.29, 1.82) is 0 Å². The van der Waals surface area contributed by atoms with E-state index in [1.165, 1.54) is 205 Å². The first-order valence-electron chi connectivity index (χ1n) is 44.5. The van der Waals surface area contributed by atoms with Gasteiger partial charge < -0.3 is 33.8 Å². The van der Waals surface area contributed by atoms with Gasteiger partial charge in [-0.25, -0.2) is 9.13 Å². The number of hydrogen-bond donors (Lipinski definition) is 3. The molecule has 0 saturated heterocycles. The van der Waals surface area contributed by atoms with Crippen LogP contribution in [-0.4, -0.2) is 99.3 Å². The molecule has 0 aliphatic rings. The van der Waals surface area contributed by atoms with Crippen LogP contribution in [-0.2, 0) is 46.2 Å². The first kappa shape index (κ1) is 104. The minimum absolute atomic E-state index is 0.191.